The van der Waals surface area contributed by atoms with Gasteiger partial charge in [0, 0.05) is 24.2 Å². The standard InChI is InChI=1S/C20H20N2O3/c23-18(21-25)15-6-7-16-11-20(12-17(16)10-15)8-9-22(13-20)19(24)14-4-2-1-3-5-14/h1-7,10,25H,8-9,11-13H2,(H,21,23)/t20-/m1/s1. The summed E-state index contributed by atoms with van der Waals surface area (Å²) in [6, 6.07) is 15.0. The maximum Gasteiger partial charge on any atom is 0.274 e. The van der Waals surface area contributed by atoms with Gasteiger partial charge in [-0.1, -0.05) is 24.3 Å². The average molecular weight is 336 g/mol. The Labute approximate surface area is 146 Å². The summed E-state index contributed by atoms with van der Waals surface area (Å²) in [5, 5.41) is 8.80. The zero-order valence-electron chi connectivity index (χ0n) is 13.9. The number of hydrogen-bond donors (Lipinski definition) is 2. The Balaban J connectivity index is 1.51. The molecule has 1 aliphatic carbocycles. The zero-order chi connectivity index (χ0) is 17.4. The Hall–Kier alpha value is -2.66. The number of amides is 2. The van der Waals surface area contributed by atoms with Crippen LogP contribution in [0.15, 0.2) is 48.5 Å². The fourth-order valence-electron chi connectivity index (χ4n) is 4.20. The summed E-state index contributed by atoms with van der Waals surface area (Å²) in [6.45, 7) is 1.52. The monoisotopic (exact) mass is 336 g/mol. The van der Waals surface area contributed by atoms with E-state index in [1.165, 1.54) is 5.56 Å². The van der Waals surface area contributed by atoms with E-state index >= 15 is 0 Å². The first-order chi connectivity index (χ1) is 12.1. The first-order valence-electron chi connectivity index (χ1n) is 8.51. The smallest absolute Gasteiger partial charge is 0.274 e. The summed E-state index contributed by atoms with van der Waals surface area (Å²) < 4.78 is 0. The molecule has 1 atom stereocenters. The molecule has 1 fully saturated rings. The van der Waals surface area contributed by atoms with Crippen molar-refractivity contribution >= 4 is 11.8 Å². The molecule has 5 nitrogen and oxygen atoms in total. The molecule has 0 saturated carbocycles. The minimum absolute atomic E-state index is 0.0705. The third-order valence-corrected chi connectivity index (χ3v) is 5.45. The molecule has 0 unspecified atom stereocenters. The molecule has 0 bridgehead atoms. The lowest BCUT2D eigenvalue weighted by atomic mass is 9.84. The van der Waals surface area contributed by atoms with Crippen molar-refractivity contribution in [1.82, 2.24) is 10.4 Å². The minimum Gasteiger partial charge on any atom is -0.338 e. The lowest BCUT2D eigenvalue weighted by Crippen LogP contribution is -2.32. The van der Waals surface area contributed by atoms with Crippen LogP contribution in [0.25, 0.3) is 0 Å². The van der Waals surface area contributed by atoms with E-state index in [1.807, 2.05) is 47.4 Å². The van der Waals surface area contributed by atoms with Gasteiger partial charge in [-0.05, 0) is 60.1 Å². The molecule has 2 aliphatic rings. The number of carbonyl (C=O) groups excluding carboxylic acids is 2. The van der Waals surface area contributed by atoms with Crippen molar-refractivity contribution in [3.63, 3.8) is 0 Å². The predicted molar refractivity (Wildman–Crippen MR) is 92.5 cm³/mol. The average Bonchev–Trinajstić information content (AvgIpc) is 3.23. The van der Waals surface area contributed by atoms with Gasteiger partial charge in [-0.2, -0.15) is 0 Å². The number of hydrogen-bond acceptors (Lipinski definition) is 3. The fraction of sp³-hybridized carbons (Fsp3) is 0.300. The Kier molecular flexibility index (Phi) is 3.81. The van der Waals surface area contributed by atoms with Gasteiger partial charge < -0.3 is 4.90 Å². The second kappa shape index (κ2) is 6.01. The van der Waals surface area contributed by atoms with Gasteiger partial charge in [-0.25, -0.2) is 5.48 Å². The molecule has 25 heavy (non-hydrogen) atoms. The molecule has 128 valence electrons. The quantitative estimate of drug-likeness (QED) is 0.654. The van der Waals surface area contributed by atoms with Crippen molar-refractivity contribution < 1.29 is 14.8 Å². The lowest BCUT2D eigenvalue weighted by Gasteiger charge is -2.23. The van der Waals surface area contributed by atoms with Gasteiger partial charge in [-0.15, -0.1) is 0 Å². The fourth-order valence-corrected chi connectivity index (χ4v) is 4.20. The highest BCUT2D eigenvalue weighted by atomic mass is 16.5. The van der Waals surface area contributed by atoms with Crippen LogP contribution < -0.4 is 5.48 Å². The van der Waals surface area contributed by atoms with Gasteiger partial charge in [0.25, 0.3) is 11.8 Å². The molecule has 1 spiro atoms. The molecule has 0 radical (unpaired) electrons. The Morgan fingerprint density at radius 2 is 1.76 bits per heavy atom. The molecule has 1 aliphatic heterocycles. The normalized spacial score (nSPS) is 21.4. The summed E-state index contributed by atoms with van der Waals surface area (Å²) in [5.41, 5.74) is 5.34. The summed E-state index contributed by atoms with van der Waals surface area (Å²) in [5.74, 6) is -0.398. The van der Waals surface area contributed by atoms with Crippen molar-refractivity contribution in [2.24, 2.45) is 5.41 Å². The van der Waals surface area contributed by atoms with E-state index in [2.05, 4.69) is 0 Å². The highest BCUT2D eigenvalue weighted by Gasteiger charge is 2.44. The van der Waals surface area contributed by atoms with Crippen molar-refractivity contribution in [2.45, 2.75) is 19.3 Å². The van der Waals surface area contributed by atoms with E-state index < -0.39 is 5.91 Å². The Morgan fingerprint density at radius 1 is 1.00 bits per heavy atom. The lowest BCUT2D eigenvalue weighted by molar-refractivity contribution is 0.0706. The van der Waals surface area contributed by atoms with Crippen LogP contribution >= 0.6 is 0 Å². The minimum atomic E-state index is -0.490. The van der Waals surface area contributed by atoms with Gasteiger partial charge in [0.2, 0.25) is 0 Å². The third kappa shape index (κ3) is 2.81. The molecular formula is C20H20N2O3. The highest BCUT2D eigenvalue weighted by Crippen LogP contribution is 2.44. The number of fused-ring (bicyclic) bond motifs is 1. The SMILES string of the molecule is O=C(NO)c1ccc2c(c1)C[C@@]1(CCN(C(=O)c3ccccc3)C1)C2. The highest BCUT2D eigenvalue weighted by molar-refractivity contribution is 5.94. The molecule has 1 saturated heterocycles. The van der Waals surface area contributed by atoms with E-state index in [-0.39, 0.29) is 11.3 Å². The molecule has 2 aromatic carbocycles. The number of nitrogens with zero attached hydrogens (tertiary/aromatic N) is 1. The first kappa shape index (κ1) is 15.8. The molecule has 5 heteroatoms. The van der Waals surface area contributed by atoms with E-state index in [0.29, 0.717) is 5.56 Å². The second-order valence-corrected chi connectivity index (χ2v) is 7.12. The number of likely N-dealkylation sites (tertiary alicyclic amines) is 1. The van der Waals surface area contributed by atoms with Crippen LogP contribution in [0.3, 0.4) is 0 Å². The number of carbonyl (C=O) groups is 2. The van der Waals surface area contributed by atoms with E-state index in [0.717, 1.165) is 43.5 Å². The largest absolute Gasteiger partial charge is 0.338 e. The zero-order valence-corrected chi connectivity index (χ0v) is 13.9. The van der Waals surface area contributed by atoms with Gasteiger partial charge in [0.05, 0.1) is 0 Å². The molecule has 1 heterocycles. The van der Waals surface area contributed by atoms with Crippen LogP contribution in [0, 0.1) is 5.41 Å². The summed E-state index contributed by atoms with van der Waals surface area (Å²) in [4.78, 5) is 26.2. The van der Waals surface area contributed by atoms with Crippen LogP contribution in [0.5, 0.6) is 0 Å². The Bertz CT molecular complexity index is 834. The van der Waals surface area contributed by atoms with Gasteiger partial charge in [0.1, 0.15) is 0 Å². The van der Waals surface area contributed by atoms with Crippen molar-refractivity contribution in [2.75, 3.05) is 13.1 Å². The van der Waals surface area contributed by atoms with Gasteiger partial charge >= 0.3 is 0 Å². The molecule has 4 rings (SSSR count). The Morgan fingerprint density at radius 3 is 2.52 bits per heavy atom. The van der Waals surface area contributed by atoms with Crippen LogP contribution in [0.2, 0.25) is 0 Å². The van der Waals surface area contributed by atoms with Gasteiger partial charge in [-0.3, -0.25) is 14.8 Å². The van der Waals surface area contributed by atoms with E-state index in [4.69, 9.17) is 5.21 Å². The van der Waals surface area contributed by atoms with Crippen LogP contribution in [0.1, 0.15) is 38.3 Å². The topological polar surface area (TPSA) is 69.6 Å². The van der Waals surface area contributed by atoms with Crippen LogP contribution in [-0.4, -0.2) is 35.0 Å². The van der Waals surface area contributed by atoms with Crippen molar-refractivity contribution in [3.05, 3.63) is 70.8 Å². The maximum atomic E-state index is 12.7. The summed E-state index contributed by atoms with van der Waals surface area (Å²) >= 11 is 0. The number of hydroxylamine groups is 1. The summed E-state index contributed by atoms with van der Waals surface area (Å²) in [7, 11) is 0. The van der Waals surface area contributed by atoms with Crippen LogP contribution in [0.4, 0.5) is 0 Å². The number of rotatable bonds is 2. The summed E-state index contributed by atoms with van der Waals surface area (Å²) in [6.07, 6.45) is 2.77. The molecular weight excluding hydrogens is 316 g/mol. The van der Waals surface area contributed by atoms with Crippen LogP contribution in [-0.2, 0) is 12.8 Å². The molecule has 2 amide bonds. The molecule has 2 aromatic rings. The van der Waals surface area contributed by atoms with Crippen molar-refractivity contribution in [1.29, 1.82) is 0 Å². The first-order valence-corrected chi connectivity index (χ1v) is 8.51. The van der Waals surface area contributed by atoms with Gasteiger partial charge in [0.15, 0.2) is 0 Å². The maximum absolute atomic E-state index is 12.7. The van der Waals surface area contributed by atoms with Crippen molar-refractivity contribution in [3.8, 4) is 0 Å². The predicted octanol–water partition coefficient (Wildman–Crippen LogP) is 2.44. The number of benzene rings is 2. The third-order valence-electron chi connectivity index (χ3n) is 5.45. The molecule has 0 aromatic heterocycles. The van der Waals surface area contributed by atoms with E-state index in [9.17, 15) is 9.59 Å². The second-order valence-electron chi connectivity index (χ2n) is 7.12. The van der Waals surface area contributed by atoms with E-state index in [1.54, 1.807) is 11.5 Å². The number of nitrogens with one attached hydrogen (secondary N) is 1. The molecule has 2 N–H and O–H groups in total.